The van der Waals surface area contributed by atoms with E-state index in [1.807, 2.05) is 0 Å². The molecule has 2 amide bonds. The normalized spacial score (nSPS) is 17.8. The molecule has 1 saturated heterocycles. The van der Waals surface area contributed by atoms with E-state index in [-0.39, 0.29) is 24.6 Å². The molecule has 1 aliphatic heterocycles. The molecule has 8 heteroatoms. The molecule has 1 atom stereocenters. The molecule has 0 radical (unpaired) electrons. The van der Waals surface area contributed by atoms with Crippen molar-refractivity contribution in [1.82, 2.24) is 10.2 Å². The predicted molar refractivity (Wildman–Crippen MR) is 89.7 cm³/mol. The zero-order chi connectivity index (χ0) is 18.9. The maximum absolute atomic E-state index is 12.8. The van der Waals surface area contributed by atoms with Crippen LogP contribution >= 0.6 is 11.6 Å². The Labute approximate surface area is 152 Å². The van der Waals surface area contributed by atoms with E-state index in [0.717, 1.165) is 24.3 Å². The van der Waals surface area contributed by atoms with Crippen LogP contribution in [0, 0.1) is 0 Å². The van der Waals surface area contributed by atoms with Gasteiger partial charge in [-0.05, 0) is 42.0 Å². The summed E-state index contributed by atoms with van der Waals surface area (Å²) in [7, 11) is 0. The lowest BCUT2D eigenvalue weighted by atomic mass is 10.0. The van der Waals surface area contributed by atoms with Crippen LogP contribution in [0.4, 0.5) is 13.2 Å². The van der Waals surface area contributed by atoms with Gasteiger partial charge in [-0.3, -0.25) is 9.59 Å². The molecule has 0 aromatic heterocycles. The Kier molecular flexibility index (Phi) is 4.91. The average molecular weight is 383 g/mol. The summed E-state index contributed by atoms with van der Waals surface area (Å²) in [6.45, 7) is 0.522. The van der Waals surface area contributed by atoms with Gasteiger partial charge in [0, 0.05) is 23.7 Å². The molecule has 2 aromatic rings. The molecule has 4 nitrogen and oxygen atoms in total. The van der Waals surface area contributed by atoms with Crippen LogP contribution in [0.25, 0.3) is 0 Å². The zero-order valence-corrected chi connectivity index (χ0v) is 14.1. The SMILES string of the molecule is O=C1NCCN(C(=O)c2ccc(C(F)(F)F)cc2)C1c1ccc(Cl)cc1. The number of benzene rings is 2. The minimum atomic E-state index is -4.47. The second-order valence-corrected chi connectivity index (χ2v) is 6.26. The Hall–Kier alpha value is -2.54. The third kappa shape index (κ3) is 3.67. The number of rotatable bonds is 2. The van der Waals surface area contributed by atoms with Crippen LogP contribution in [0.3, 0.4) is 0 Å². The van der Waals surface area contributed by atoms with Crippen molar-refractivity contribution in [2.24, 2.45) is 0 Å². The molecule has 136 valence electrons. The second-order valence-electron chi connectivity index (χ2n) is 5.82. The lowest BCUT2D eigenvalue weighted by molar-refractivity contribution is -0.137. The topological polar surface area (TPSA) is 49.4 Å². The lowest BCUT2D eigenvalue weighted by Crippen LogP contribution is -2.52. The molecule has 1 heterocycles. The highest BCUT2D eigenvalue weighted by Crippen LogP contribution is 2.30. The van der Waals surface area contributed by atoms with Gasteiger partial charge in [-0.15, -0.1) is 0 Å². The highest BCUT2D eigenvalue weighted by atomic mass is 35.5. The van der Waals surface area contributed by atoms with Gasteiger partial charge in [0.05, 0.1) is 5.56 Å². The van der Waals surface area contributed by atoms with Crippen molar-refractivity contribution < 1.29 is 22.8 Å². The van der Waals surface area contributed by atoms with Gasteiger partial charge < -0.3 is 10.2 Å². The van der Waals surface area contributed by atoms with E-state index < -0.39 is 23.7 Å². The lowest BCUT2D eigenvalue weighted by Gasteiger charge is -2.35. The minimum absolute atomic E-state index is 0.0895. The summed E-state index contributed by atoms with van der Waals surface area (Å²) >= 11 is 5.86. The van der Waals surface area contributed by atoms with Crippen LogP contribution in [0.2, 0.25) is 5.02 Å². The Morgan fingerprint density at radius 2 is 1.69 bits per heavy atom. The third-order valence-corrected chi connectivity index (χ3v) is 4.37. The summed E-state index contributed by atoms with van der Waals surface area (Å²) in [4.78, 5) is 26.5. The first-order valence-corrected chi connectivity index (χ1v) is 8.16. The maximum Gasteiger partial charge on any atom is 0.416 e. The highest BCUT2D eigenvalue weighted by Gasteiger charge is 2.35. The molecule has 1 N–H and O–H groups in total. The molecule has 26 heavy (non-hydrogen) atoms. The first-order valence-electron chi connectivity index (χ1n) is 7.79. The van der Waals surface area contributed by atoms with Gasteiger partial charge in [-0.2, -0.15) is 13.2 Å². The number of carbonyl (C=O) groups is 2. The Morgan fingerprint density at radius 1 is 1.08 bits per heavy atom. The van der Waals surface area contributed by atoms with Crippen molar-refractivity contribution in [3.8, 4) is 0 Å². The van der Waals surface area contributed by atoms with E-state index >= 15 is 0 Å². The highest BCUT2D eigenvalue weighted by molar-refractivity contribution is 6.30. The number of alkyl halides is 3. The summed E-state index contributed by atoms with van der Waals surface area (Å²) in [6, 6.07) is 9.60. The van der Waals surface area contributed by atoms with Gasteiger partial charge in [0.15, 0.2) is 0 Å². The summed E-state index contributed by atoms with van der Waals surface area (Å²) in [5.74, 6) is -0.854. The average Bonchev–Trinajstić information content (AvgIpc) is 2.61. The van der Waals surface area contributed by atoms with E-state index in [4.69, 9.17) is 11.6 Å². The molecular formula is C18H14ClF3N2O2. The molecule has 1 unspecified atom stereocenters. The fourth-order valence-corrected chi connectivity index (χ4v) is 2.96. The number of halogens is 4. The summed E-state index contributed by atoms with van der Waals surface area (Å²) in [5, 5.41) is 3.19. The molecule has 2 aromatic carbocycles. The summed E-state index contributed by atoms with van der Waals surface area (Å²) < 4.78 is 38.1. The van der Waals surface area contributed by atoms with Gasteiger partial charge in [0.2, 0.25) is 5.91 Å². The van der Waals surface area contributed by atoms with Gasteiger partial charge >= 0.3 is 6.18 Å². The number of nitrogens with one attached hydrogen (secondary N) is 1. The minimum Gasteiger partial charge on any atom is -0.352 e. The first-order chi connectivity index (χ1) is 12.3. The smallest absolute Gasteiger partial charge is 0.352 e. The van der Waals surface area contributed by atoms with Crippen LogP contribution < -0.4 is 5.32 Å². The zero-order valence-electron chi connectivity index (χ0n) is 13.4. The summed E-state index contributed by atoms with van der Waals surface area (Å²) in [6.07, 6.45) is -4.47. The standard InChI is InChI=1S/C18H14ClF3N2O2/c19-14-7-3-11(4-8-14)15-16(25)23-9-10-24(15)17(26)12-1-5-13(6-2-12)18(20,21)22/h1-8,15H,9-10H2,(H,23,25). The van der Waals surface area contributed by atoms with Crippen molar-refractivity contribution in [2.45, 2.75) is 12.2 Å². The van der Waals surface area contributed by atoms with E-state index in [9.17, 15) is 22.8 Å². The van der Waals surface area contributed by atoms with Gasteiger partial charge in [0.1, 0.15) is 6.04 Å². The van der Waals surface area contributed by atoms with Crippen LogP contribution in [0.1, 0.15) is 27.5 Å². The second kappa shape index (κ2) is 6.99. The van der Waals surface area contributed by atoms with Crippen LogP contribution in [-0.4, -0.2) is 29.8 Å². The Bertz CT molecular complexity index is 820. The number of carbonyl (C=O) groups excluding carboxylic acids is 2. The maximum atomic E-state index is 12.8. The van der Waals surface area contributed by atoms with E-state index in [1.165, 1.54) is 4.90 Å². The van der Waals surface area contributed by atoms with Crippen LogP contribution in [0.15, 0.2) is 48.5 Å². The van der Waals surface area contributed by atoms with Gasteiger partial charge in [-0.25, -0.2) is 0 Å². The molecular weight excluding hydrogens is 369 g/mol. The van der Waals surface area contributed by atoms with Crippen molar-refractivity contribution in [3.05, 3.63) is 70.2 Å². The van der Waals surface area contributed by atoms with E-state index in [0.29, 0.717) is 10.6 Å². The van der Waals surface area contributed by atoms with Crippen molar-refractivity contribution in [3.63, 3.8) is 0 Å². The summed E-state index contributed by atoms with van der Waals surface area (Å²) in [5.41, 5.74) is -0.168. The van der Waals surface area contributed by atoms with E-state index in [1.54, 1.807) is 24.3 Å². The number of hydrogen-bond acceptors (Lipinski definition) is 2. The Morgan fingerprint density at radius 3 is 2.27 bits per heavy atom. The molecule has 0 aliphatic carbocycles. The van der Waals surface area contributed by atoms with Gasteiger partial charge in [0.25, 0.3) is 5.91 Å². The molecule has 0 saturated carbocycles. The van der Waals surface area contributed by atoms with Crippen molar-refractivity contribution in [1.29, 1.82) is 0 Å². The third-order valence-electron chi connectivity index (χ3n) is 4.12. The number of nitrogens with zero attached hydrogens (tertiary/aromatic N) is 1. The fraction of sp³-hybridized carbons (Fsp3) is 0.222. The first kappa shape index (κ1) is 18.3. The number of hydrogen-bond donors (Lipinski definition) is 1. The number of amides is 2. The molecule has 1 aliphatic rings. The van der Waals surface area contributed by atoms with Crippen molar-refractivity contribution in [2.75, 3.05) is 13.1 Å². The quantitative estimate of drug-likeness (QED) is 0.861. The fourth-order valence-electron chi connectivity index (χ4n) is 2.83. The largest absolute Gasteiger partial charge is 0.416 e. The molecule has 3 rings (SSSR count). The number of piperazine rings is 1. The van der Waals surface area contributed by atoms with Crippen molar-refractivity contribution >= 4 is 23.4 Å². The monoisotopic (exact) mass is 382 g/mol. The van der Waals surface area contributed by atoms with Crippen LogP contribution in [0.5, 0.6) is 0 Å². The predicted octanol–water partition coefficient (Wildman–Crippen LogP) is 3.67. The molecule has 0 spiro atoms. The van der Waals surface area contributed by atoms with E-state index in [2.05, 4.69) is 5.32 Å². The molecule has 1 fully saturated rings. The van der Waals surface area contributed by atoms with Gasteiger partial charge in [-0.1, -0.05) is 23.7 Å². The molecule has 0 bridgehead atoms. The van der Waals surface area contributed by atoms with Crippen LogP contribution in [-0.2, 0) is 11.0 Å². The Balaban J connectivity index is 1.90.